The van der Waals surface area contributed by atoms with Crippen LogP contribution in [0.3, 0.4) is 0 Å². The summed E-state index contributed by atoms with van der Waals surface area (Å²) in [6.45, 7) is 6.77. The Labute approximate surface area is 416 Å². The van der Waals surface area contributed by atoms with Crippen LogP contribution in [0, 0.1) is 0 Å². The third-order valence-corrected chi connectivity index (χ3v) is 24.7. The van der Waals surface area contributed by atoms with Crippen molar-refractivity contribution in [2.24, 2.45) is 0 Å². The van der Waals surface area contributed by atoms with Crippen LogP contribution in [-0.4, -0.2) is 29.9 Å². The van der Waals surface area contributed by atoms with Gasteiger partial charge in [-0.3, -0.25) is 0 Å². The van der Waals surface area contributed by atoms with E-state index in [4.69, 9.17) is 14.5 Å². The maximum atomic E-state index is 7.16. The smallest absolute Gasteiger partial charge is 0.0622 e. The summed E-state index contributed by atoms with van der Waals surface area (Å²) in [6.07, 6.45) is 1.95. The molecule has 0 amide bonds. The van der Waals surface area contributed by atoms with Crippen molar-refractivity contribution in [2.75, 3.05) is 17.3 Å². The summed E-state index contributed by atoms with van der Waals surface area (Å²) in [5, 5.41) is 6.39. The topological polar surface area (TPSA) is 51.5 Å². The predicted octanol–water partition coefficient (Wildman–Crippen LogP) is 13.9. The van der Waals surface area contributed by atoms with Crippen molar-refractivity contribution in [3.8, 4) is 51.1 Å². The molecule has 0 fully saturated rings. The van der Waals surface area contributed by atoms with E-state index in [0.717, 1.165) is 84.9 Å². The number of hydrogen-bond acceptors (Lipinski definition) is 5. The van der Waals surface area contributed by atoms with Crippen LogP contribution in [0.15, 0.2) is 225 Å². The molecule has 0 bridgehead atoms. The Bertz CT molecular complexity index is 3770. The van der Waals surface area contributed by atoms with Gasteiger partial charge in [-0.1, -0.05) is 78.9 Å². The van der Waals surface area contributed by atoms with Gasteiger partial charge in [0.15, 0.2) is 0 Å². The Morgan fingerprint density at radius 1 is 0.535 bits per heavy atom. The third kappa shape index (κ3) is 6.88. The van der Waals surface area contributed by atoms with Gasteiger partial charge in [0.25, 0.3) is 0 Å². The molecule has 1 spiro atoms. The van der Waals surface area contributed by atoms with Gasteiger partial charge in [0, 0.05) is 11.1 Å². The number of pyridine rings is 1. The van der Waals surface area contributed by atoms with Crippen molar-refractivity contribution < 1.29 is 9.47 Å². The fourth-order valence-electron chi connectivity index (χ4n) is 11.3. The molecule has 0 saturated carbocycles. The Morgan fingerprint density at radius 2 is 1.14 bits per heavy atom. The number of nitrogens with zero attached hydrogens (tertiary/aromatic N) is 3. The van der Waals surface area contributed by atoms with Crippen molar-refractivity contribution >= 4 is 75.4 Å². The molecule has 2 aliphatic heterocycles. The van der Waals surface area contributed by atoms with Crippen LogP contribution in [0.1, 0.15) is 26.3 Å². The molecule has 0 radical (unpaired) electrons. The van der Waals surface area contributed by atoms with Crippen LogP contribution in [0.2, 0.25) is 0 Å². The third-order valence-electron chi connectivity index (χ3n) is 14.5. The van der Waals surface area contributed by atoms with Gasteiger partial charge < -0.3 is 0 Å². The first-order valence-corrected chi connectivity index (χ1v) is 28.5. The molecule has 0 atom stereocenters. The molecule has 9 aromatic carbocycles. The van der Waals surface area contributed by atoms with Crippen molar-refractivity contribution in [3.05, 3.63) is 230 Å². The Hall–Kier alpha value is -8.33. The minimum atomic E-state index is -3.74. The molecular weight excluding hydrogens is 929 g/mol. The molecule has 13 rings (SSSR count). The average Bonchev–Trinajstić information content (AvgIpc) is 3.90. The fourth-order valence-corrected chi connectivity index (χ4v) is 22.7. The van der Waals surface area contributed by atoms with Crippen LogP contribution in [0.4, 0.5) is 22.7 Å². The molecule has 71 heavy (non-hydrogen) atoms. The summed E-state index contributed by atoms with van der Waals surface area (Å²) in [5.74, 6) is 4.27. The molecule has 7 heteroatoms. The van der Waals surface area contributed by atoms with E-state index in [-0.39, 0.29) is 5.41 Å². The first-order chi connectivity index (χ1) is 34.8. The van der Waals surface area contributed by atoms with E-state index in [1.807, 2.05) is 12.3 Å². The van der Waals surface area contributed by atoms with Crippen LogP contribution >= 0.6 is 0 Å². The Balaban J connectivity index is 0.938. The standard InChI is InChI=1S/C64H50GeN4O2/c1-64(2,3)44-36-37-66-60(38-44)69-56-33-19-30-52-61(56)62-53(65(52)50-28-11-15-34-58(50)71-59-35-16-12-29-51(59)65)40-47(41-57(62)69)70-46-25-17-24-45(39-46)67-54-31-13-14-32-55(54)68(4)63-48(42-20-7-5-8-21-42)26-18-27-49(63)43-22-9-6-10-23-43/h5-41,67H,1-4H3. The first kappa shape index (κ1) is 42.8. The van der Waals surface area contributed by atoms with E-state index >= 15 is 0 Å². The summed E-state index contributed by atoms with van der Waals surface area (Å²) in [5.41, 5.74) is 12.1. The van der Waals surface area contributed by atoms with E-state index in [0.29, 0.717) is 0 Å². The molecule has 2 aromatic heterocycles. The molecule has 2 aliphatic rings. The number of anilines is 4. The molecule has 6 nitrogen and oxygen atoms in total. The molecule has 0 aliphatic carbocycles. The van der Waals surface area contributed by atoms with E-state index in [9.17, 15) is 0 Å². The van der Waals surface area contributed by atoms with Crippen LogP contribution in [-0.2, 0) is 5.41 Å². The van der Waals surface area contributed by atoms with Crippen molar-refractivity contribution in [1.82, 2.24) is 9.55 Å². The number of benzene rings is 9. The van der Waals surface area contributed by atoms with Crippen LogP contribution < -0.4 is 37.3 Å². The normalized spacial score (nSPS) is 13.0. The van der Waals surface area contributed by atoms with Gasteiger partial charge in [-0.25, -0.2) is 0 Å². The van der Waals surface area contributed by atoms with E-state index < -0.39 is 13.3 Å². The second kappa shape index (κ2) is 16.7. The second-order valence-corrected chi connectivity index (χ2v) is 27.3. The molecule has 11 aromatic rings. The number of hydrogen-bond donors (Lipinski definition) is 1. The summed E-state index contributed by atoms with van der Waals surface area (Å²) >= 11 is -3.74. The zero-order valence-corrected chi connectivity index (χ0v) is 42.1. The predicted molar refractivity (Wildman–Crippen MR) is 296 cm³/mol. The van der Waals surface area contributed by atoms with Gasteiger partial charge in [0.1, 0.15) is 0 Å². The zero-order chi connectivity index (χ0) is 47.8. The molecular formula is C64H50GeN4O2. The van der Waals surface area contributed by atoms with E-state index in [1.165, 1.54) is 33.9 Å². The number of fused-ring (bicyclic) bond motifs is 6. The fraction of sp³-hybridized carbons (Fsp3) is 0.0781. The van der Waals surface area contributed by atoms with Crippen molar-refractivity contribution in [2.45, 2.75) is 26.2 Å². The molecule has 342 valence electrons. The van der Waals surface area contributed by atoms with E-state index in [1.54, 1.807) is 0 Å². The summed E-state index contributed by atoms with van der Waals surface area (Å²) < 4.78 is 21.6. The van der Waals surface area contributed by atoms with Gasteiger partial charge in [-0.2, -0.15) is 0 Å². The monoisotopic (exact) mass is 980 g/mol. The van der Waals surface area contributed by atoms with Crippen LogP contribution in [0.25, 0.3) is 49.9 Å². The Kier molecular flexibility index (Phi) is 10.0. The second-order valence-electron chi connectivity index (χ2n) is 19.7. The summed E-state index contributed by atoms with van der Waals surface area (Å²) in [4.78, 5) is 7.39. The number of para-hydroxylation sites is 5. The Morgan fingerprint density at radius 3 is 1.85 bits per heavy atom. The van der Waals surface area contributed by atoms with Gasteiger partial charge in [0.05, 0.1) is 0 Å². The van der Waals surface area contributed by atoms with Gasteiger partial charge in [0.2, 0.25) is 0 Å². The zero-order valence-electron chi connectivity index (χ0n) is 40.0. The summed E-state index contributed by atoms with van der Waals surface area (Å²) in [7, 11) is 2.16. The minimum absolute atomic E-state index is 0.0558. The number of nitrogens with one attached hydrogen (secondary N) is 1. The first-order valence-electron chi connectivity index (χ1n) is 24.3. The SMILES string of the molecule is CN(c1ccccc1Nc1cccc(Oc2c[c]3c4c5[c](cccc5n(-c5cc(C(C)(C)C)ccn5)c4c2)[Ge]32[c]3ccccc3Oc3cccc[c]32)c1)c1c(-c2ccccc2)cccc1-c1ccccc1. The molecule has 0 saturated heterocycles. The maximum absolute atomic E-state index is 7.16. The van der Waals surface area contributed by atoms with Crippen molar-refractivity contribution in [3.63, 3.8) is 0 Å². The number of aromatic nitrogens is 2. The van der Waals surface area contributed by atoms with Crippen molar-refractivity contribution in [1.29, 1.82) is 0 Å². The summed E-state index contributed by atoms with van der Waals surface area (Å²) in [6, 6.07) is 78.0. The average molecular weight is 980 g/mol. The number of rotatable bonds is 9. The van der Waals surface area contributed by atoms with Gasteiger partial charge >= 0.3 is 318 Å². The van der Waals surface area contributed by atoms with Gasteiger partial charge in [-0.15, -0.1) is 0 Å². The number of ether oxygens (including phenoxy) is 2. The molecule has 4 heterocycles. The molecule has 0 unspecified atom stereocenters. The quantitative estimate of drug-likeness (QED) is 0.146. The van der Waals surface area contributed by atoms with E-state index in [2.05, 4.69) is 255 Å². The molecule has 1 N–H and O–H groups in total. The van der Waals surface area contributed by atoms with Gasteiger partial charge in [-0.05, 0) is 11.1 Å². The minimum Gasteiger partial charge on any atom is -0.0622 e. The van der Waals surface area contributed by atoms with Crippen LogP contribution in [0.5, 0.6) is 23.0 Å².